The van der Waals surface area contributed by atoms with E-state index in [0.717, 1.165) is 5.69 Å². The van der Waals surface area contributed by atoms with Gasteiger partial charge in [-0.25, -0.2) is 12.8 Å². The average Bonchev–Trinajstić information content (AvgIpc) is 2.85. The molecule has 34 heavy (non-hydrogen) atoms. The molecule has 0 aliphatic carbocycles. The molecule has 1 aliphatic rings. The molecule has 1 fully saturated rings. The van der Waals surface area contributed by atoms with E-state index in [2.05, 4.69) is 10.2 Å². The normalized spacial score (nSPS) is 14.0. The lowest BCUT2D eigenvalue weighted by molar-refractivity contribution is -0.113. The Morgan fingerprint density at radius 1 is 0.824 bits per heavy atom. The number of rotatable bonds is 6. The van der Waals surface area contributed by atoms with Crippen molar-refractivity contribution in [2.45, 2.75) is 4.90 Å². The van der Waals surface area contributed by atoms with Gasteiger partial charge >= 0.3 is 0 Å². The molecule has 7 nitrogen and oxygen atoms in total. The van der Waals surface area contributed by atoms with E-state index in [1.54, 1.807) is 47.4 Å². The van der Waals surface area contributed by atoms with E-state index in [1.807, 2.05) is 12.1 Å². The van der Waals surface area contributed by atoms with E-state index < -0.39 is 27.3 Å². The van der Waals surface area contributed by atoms with Crippen LogP contribution in [0.15, 0.2) is 83.8 Å². The molecule has 0 unspecified atom stereocenters. The minimum atomic E-state index is -3.72. The zero-order valence-electron chi connectivity index (χ0n) is 18.4. The highest BCUT2D eigenvalue weighted by Gasteiger charge is 2.24. The Balaban J connectivity index is 1.31. The number of carbonyl (C=O) groups is 2. The van der Waals surface area contributed by atoms with Gasteiger partial charge in [0.1, 0.15) is 11.6 Å². The van der Waals surface area contributed by atoms with E-state index in [0.29, 0.717) is 31.9 Å². The van der Waals surface area contributed by atoms with Crippen LogP contribution in [-0.4, -0.2) is 57.1 Å². The van der Waals surface area contributed by atoms with E-state index >= 15 is 0 Å². The standard InChI is InChI=1S/C25H24FN3O4S/c26-23-9-5-4-8-22(23)25(31)29-16-14-28(15-17-29)20-12-10-19(11-13-20)27-24(30)18-34(32,33)21-6-2-1-3-7-21/h1-13H,14-18H2,(H,27,30). The van der Waals surface area contributed by atoms with Crippen molar-refractivity contribution in [1.82, 2.24) is 4.90 Å². The third-order valence-electron chi connectivity index (χ3n) is 5.61. The Morgan fingerprint density at radius 3 is 2.09 bits per heavy atom. The van der Waals surface area contributed by atoms with E-state index in [1.165, 1.54) is 24.3 Å². The summed E-state index contributed by atoms with van der Waals surface area (Å²) in [5.74, 6) is -2.10. The number of hydrogen-bond acceptors (Lipinski definition) is 5. The maximum absolute atomic E-state index is 13.9. The molecule has 3 aromatic rings. The third-order valence-corrected chi connectivity index (χ3v) is 7.24. The molecular formula is C25H24FN3O4S. The second-order valence-electron chi connectivity index (χ2n) is 7.93. The maximum Gasteiger partial charge on any atom is 0.256 e. The fourth-order valence-corrected chi connectivity index (χ4v) is 4.96. The van der Waals surface area contributed by atoms with Crippen LogP contribution in [0.4, 0.5) is 15.8 Å². The van der Waals surface area contributed by atoms with Gasteiger partial charge in [-0.1, -0.05) is 30.3 Å². The van der Waals surface area contributed by atoms with E-state index in [4.69, 9.17) is 0 Å². The Hall–Kier alpha value is -3.72. The van der Waals surface area contributed by atoms with Crippen LogP contribution in [0.5, 0.6) is 0 Å². The first kappa shape index (κ1) is 23.4. The summed E-state index contributed by atoms with van der Waals surface area (Å²) in [6.45, 7) is 2.09. The van der Waals surface area contributed by atoms with Gasteiger partial charge in [0, 0.05) is 37.6 Å². The summed E-state index contributed by atoms with van der Waals surface area (Å²) < 4.78 is 38.6. The second-order valence-corrected chi connectivity index (χ2v) is 9.92. The molecule has 176 valence electrons. The van der Waals surface area contributed by atoms with Crippen LogP contribution < -0.4 is 10.2 Å². The van der Waals surface area contributed by atoms with Crippen LogP contribution in [-0.2, 0) is 14.6 Å². The summed E-state index contributed by atoms with van der Waals surface area (Å²) in [7, 11) is -3.72. The molecule has 0 radical (unpaired) electrons. The molecule has 0 saturated carbocycles. The Bertz CT molecular complexity index is 1270. The lowest BCUT2D eigenvalue weighted by Crippen LogP contribution is -2.49. The molecule has 9 heteroatoms. The van der Waals surface area contributed by atoms with Gasteiger partial charge in [0.05, 0.1) is 10.5 Å². The molecule has 1 heterocycles. The number of anilines is 2. The van der Waals surface area contributed by atoms with Gasteiger partial charge in [-0.05, 0) is 48.5 Å². The summed E-state index contributed by atoms with van der Waals surface area (Å²) in [6, 6.07) is 20.9. The zero-order chi connectivity index (χ0) is 24.1. The highest BCUT2D eigenvalue weighted by Crippen LogP contribution is 2.21. The molecule has 3 aromatic carbocycles. The highest BCUT2D eigenvalue weighted by molar-refractivity contribution is 7.92. The topological polar surface area (TPSA) is 86.8 Å². The minimum absolute atomic E-state index is 0.0744. The Morgan fingerprint density at radius 2 is 1.44 bits per heavy atom. The minimum Gasteiger partial charge on any atom is -0.368 e. The molecule has 1 saturated heterocycles. The first-order valence-electron chi connectivity index (χ1n) is 10.8. The van der Waals surface area contributed by atoms with Crippen LogP contribution >= 0.6 is 0 Å². The van der Waals surface area contributed by atoms with Gasteiger partial charge < -0.3 is 15.1 Å². The van der Waals surface area contributed by atoms with Crippen LogP contribution in [0.25, 0.3) is 0 Å². The van der Waals surface area contributed by atoms with Gasteiger partial charge in [-0.15, -0.1) is 0 Å². The number of carbonyl (C=O) groups excluding carboxylic acids is 2. The number of benzene rings is 3. The largest absolute Gasteiger partial charge is 0.368 e. The van der Waals surface area contributed by atoms with Crippen LogP contribution in [0.2, 0.25) is 0 Å². The predicted octanol–water partition coefficient (Wildman–Crippen LogP) is 3.20. The number of sulfone groups is 1. The van der Waals surface area contributed by atoms with Crippen molar-refractivity contribution in [2.24, 2.45) is 0 Å². The number of amides is 2. The molecule has 0 aromatic heterocycles. The number of hydrogen-bond donors (Lipinski definition) is 1. The van der Waals surface area contributed by atoms with Crippen LogP contribution in [0, 0.1) is 5.82 Å². The molecule has 1 aliphatic heterocycles. The maximum atomic E-state index is 13.9. The first-order chi connectivity index (χ1) is 16.3. The molecule has 1 N–H and O–H groups in total. The molecule has 4 rings (SSSR count). The molecule has 2 amide bonds. The summed E-state index contributed by atoms with van der Waals surface area (Å²) in [5, 5.41) is 2.62. The third kappa shape index (κ3) is 5.43. The fraction of sp³-hybridized carbons (Fsp3) is 0.200. The first-order valence-corrected chi connectivity index (χ1v) is 12.5. The number of piperazine rings is 1. The molecule has 0 bridgehead atoms. The van der Waals surface area contributed by atoms with Crippen LogP contribution in [0.3, 0.4) is 0 Å². The van der Waals surface area contributed by atoms with Crippen molar-refractivity contribution >= 4 is 33.0 Å². The Labute approximate surface area is 197 Å². The van der Waals surface area contributed by atoms with E-state index in [-0.39, 0.29) is 16.4 Å². The summed E-state index contributed by atoms with van der Waals surface area (Å²) in [4.78, 5) is 28.7. The Kier molecular flexibility index (Phi) is 6.93. The SMILES string of the molecule is O=C(CS(=O)(=O)c1ccccc1)Nc1ccc(N2CCN(C(=O)c3ccccc3F)CC2)cc1. The van der Waals surface area contributed by atoms with Gasteiger partial charge in [-0.2, -0.15) is 0 Å². The van der Waals surface area contributed by atoms with E-state index in [9.17, 15) is 22.4 Å². The summed E-state index contributed by atoms with van der Waals surface area (Å²) in [6.07, 6.45) is 0. The molecule has 0 atom stereocenters. The lowest BCUT2D eigenvalue weighted by atomic mass is 10.1. The van der Waals surface area contributed by atoms with Gasteiger partial charge in [-0.3, -0.25) is 9.59 Å². The average molecular weight is 482 g/mol. The molecular weight excluding hydrogens is 457 g/mol. The predicted molar refractivity (Wildman–Crippen MR) is 128 cm³/mol. The van der Waals surface area contributed by atoms with Crippen LogP contribution in [0.1, 0.15) is 10.4 Å². The van der Waals surface area contributed by atoms with Gasteiger partial charge in [0.15, 0.2) is 9.84 Å². The van der Waals surface area contributed by atoms with Crippen molar-refractivity contribution in [2.75, 3.05) is 42.1 Å². The zero-order valence-corrected chi connectivity index (χ0v) is 19.2. The van der Waals surface area contributed by atoms with Crippen molar-refractivity contribution in [3.8, 4) is 0 Å². The monoisotopic (exact) mass is 481 g/mol. The number of nitrogens with zero attached hydrogens (tertiary/aromatic N) is 2. The fourth-order valence-electron chi connectivity index (χ4n) is 3.81. The lowest BCUT2D eigenvalue weighted by Gasteiger charge is -2.36. The van der Waals surface area contributed by atoms with Crippen molar-refractivity contribution in [3.63, 3.8) is 0 Å². The van der Waals surface area contributed by atoms with Gasteiger partial charge in [0.25, 0.3) is 5.91 Å². The summed E-state index contributed by atoms with van der Waals surface area (Å²) in [5.41, 5.74) is 1.48. The number of nitrogens with one attached hydrogen (secondary N) is 1. The highest BCUT2D eigenvalue weighted by atomic mass is 32.2. The van der Waals surface area contributed by atoms with Crippen molar-refractivity contribution in [3.05, 3.63) is 90.2 Å². The number of halogens is 1. The van der Waals surface area contributed by atoms with Gasteiger partial charge in [0.2, 0.25) is 5.91 Å². The smallest absolute Gasteiger partial charge is 0.256 e. The molecule has 0 spiro atoms. The summed E-state index contributed by atoms with van der Waals surface area (Å²) >= 11 is 0. The van der Waals surface area contributed by atoms with Crippen molar-refractivity contribution < 1.29 is 22.4 Å². The second kappa shape index (κ2) is 10.0. The van der Waals surface area contributed by atoms with Crippen molar-refractivity contribution in [1.29, 1.82) is 0 Å². The quantitative estimate of drug-likeness (QED) is 0.584.